The average Bonchev–Trinajstić information content (AvgIpc) is 2.34. The first-order valence-electron chi connectivity index (χ1n) is 2.74. The van der Waals surface area contributed by atoms with Crippen molar-refractivity contribution in [2.24, 2.45) is 0 Å². The molecule has 1 heterocycles. The Hall–Kier alpha value is -0.800. The maximum atomic E-state index is 8.54. The number of rotatable bonds is 2. The van der Waals surface area contributed by atoms with E-state index >= 15 is 0 Å². The third kappa shape index (κ3) is 1.31. The van der Waals surface area contributed by atoms with Gasteiger partial charge in [0.1, 0.15) is 0 Å². The fraction of sp³-hybridized carbons (Fsp3) is 0.333. The maximum absolute atomic E-state index is 8.54. The minimum absolute atomic E-state index is 0. The number of aromatic nitrogens is 1. The van der Waals surface area contributed by atoms with E-state index in [2.05, 4.69) is 4.98 Å². The van der Waals surface area contributed by atoms with Gasteiger partial charge in [0, 0.05) is 11.9 Å². The van der Waals surface area contributed by atoms with Gasteiger partial charge in [-0.15, -0.1) is 0 Å². The molecule has 0 amide bonds. The van der Waals surface area contributed by atoms with Crippen LogP contribution < -0.4 is 0 Å². The summed E-state index contributed by atoms with van der Waals surface area (Å²) in [6.07, 6.45) is 1.67. The van der Waals surface area contributed by atoms with Crippen molar-refractivity contribution in [3.8, 4) is 0 Å². The summed E-state index contributed by atoms with van der Waals surface area (Å²) in [6, 6.07) is 1.72. The smallest absolute Gasteiger partial charge is 0.0830 e. The Morgan fingerprint density at radius 2 is 2.11 bits per heavy atom. The van der Waals surface area contributed by atoms with Crippen molar-refractivity contribution in [3.63, 3.8) is 0 Å². The highest BCUT2D eigenvalue weighted by Crippen LogP contribution is 2.01. The molecule has 0 radical (unpaired) electrons. The monoisotopic (exact) mass is 127 g/mol. The Bertz CT molecular complexity index is 164. The van der Waals surface area contributed by atoms with E-state index in [1.165, 1.54) is 0 Å². The second kappa shape index (κ2) is 2.66. The summed E-state index contributed by atoms with van der Waals surface area (Å²) in [6.45, 7) is 0.0243. The van der Waals surface area contributed by atoms with Crippen LogP contribution in [0.2, 0.25) is 0 Å². The van der Waals surface area contributed by atoms with Crippen LogP contribution in [-0.2, 0) is 13.2 Å². The summed E-state index contributed by atoms with van der Waals surface area (Å²) in [4.78, 5) is 2.80. The minimum Gasteiger partial charge on any atom is -0.392 e. The third-order valence-electron chi connectivity index (χ3n) is 1.16. The van der Waals surface area contributed by atoms with Crippen molar-refractivity contribution < 1.29 is 10.2 Å². The number of aliphatic hydroxyl groups excluding tert-OH is 2. The molecule has 1 aromatic heterocycles. The number of nitrogens with one attached hydrogen (secondary N) is 1. The molecular weight excluding hydrogens is 118 g/mol. The summed E-state index contributed by atoms with van der Waals surface area (Å²) in [7, 11) is 0. The van der Waals surface area contributed by atoms with Gasteiger partial charge in [-0.25, -0.2) is 0 Å². The van der Waals surface area contributed by atoms with Crippen LogP contribution in [0.25, 0.3) is 0 Å². The van der Waals surface area contributed by atoms with Crippen molar-refractivity contribution in [3.05, 3.63) is 23.5 Å². The van der Waals surface area contributed by atoms with Gasteiger partial charge in [0.2, 0.25) is 0 Å². The van der Waals surface area contributed by atoms with E-state index in [4.69, 9.17) is 10.2 Å². The Morgan fingerprint density at radius 1 is 1.33 bits per heavy atom. The summed E-state index contributed by atoms with van der Waals surface area (Å²) < 4.78 is 0. The molecule has 0 aliphatic carbocycles. The molecule has 0 aliphatic heterocycles. The fourth-order valence-electron chi connectivity index (χ4n) is 0.675. The van der Waals surface area contributed by atoms with Crippen LogP contribution >= 0.6 is 0 Å². The first kappa shape index (κ1) is 6.32. The molecule has 3 heteroatoms. The van der Waals surface area contributed by atoms with E-state index in [9.17, 15) is 0 Å². The zero-order chi connectivity index (χ0) is 6.69. The molecule has 1 aromatic rings. The van der Waals surface area contributed by atoms with Crippen LogP contribution in [0.4, 0.5) is 0 Å². The largest absolute Gasteiger partial charge is 0.392 e. The molecule has 1 rings (SSSR count). The molecule has 0 aliphatic rings. The van der Waals surface area contributed by atoms with Crippen LogP contribution in [0.5, 0.6) is 0 Å². The van der Waals surface area contributed by atoms with E-state index in [0.717, 1.165) is 11.3 Å². The summed E-state index contributed by atoms with van der Waals surface area (Å²) >= 11 is 0. The van der Waals surface area contributed by atoms with Crippen molar-refractivity contribution in [1.82, 2.24) is 4.98 Å². The van der Waals surface area contributed by atoms with Gasteiger partial charge in [-0.3, -0.25) is 0 Å². The molecule has 3 nitrogen and oxygen atoms in total. The summed E-state index contributed by atoms with van der Waals surface area (Å²) in [5.74, 6) is 0. The predicted molar refractivity (Wildman–Crippen MR) is 32.6 cm³/mol. The highest BCUT2D eigenvalue weighted by atomic mass is 16.3. The quantitative estimate of drug-likeness (QED) is 0.523. The van der Waals surface area contributed by atoms with E-state index in [1.807, 2.05) is 0 Å². The first-order valence-corrected chi connectivity index (χ1v) is 2.74. The van der Waals surface area contributed by atoms with E-state index in [0.29, 0.717) is 0 Å². The van der Waals surface area contributed by atoms with Gasteiger partial charge in [-0.1, -0.05) is 0 Å². The van der Waals surface area contributed by atoms with Crippen molar-refractivity contribution >= 4 is 0 Å². The molecule has 50 valence electrons. The van der Waals surface area contributed by atoms with Crippen LogP contribution in [0.15, 0.2) is 12.3 Å². The van der Waals surface area contributed by atoms with E-state index in [1.54, 1.807) is 12.3 Å². The van der Waals surface area contributed by atoms with Crippen LogP contribution in [0.3, 0.4) is 0 Å². The third-order valence-corrected chi connectivity index (χ3v) is 1.16. The lowest BCUT2D eigenvalue weighted by Crippen LogP contribution is -1.78. The molecule has 0 saturated carbocycles. The second-order valence-corrected chi connectivity index (χ2v) is 1.85. The number of aromatic amines is 1. The van der Waals surface area contributed by atoms with E-state index in [-0.39, 0.29) is 13.2 Å². The molecule has 9 heavy (non-hydrogen) atoms. The number of hydrogen-bond donors (Lipinski definition) is 3. The number of H-pyrrole nitrogens is 1. The number of aliphatic hydroxyl groups is 2. The zero-order valence-electron chi connectivity index (χ0n) is 4.96. The average molecular weight is 127 g/mol. The Kier molecular flexibility index (Phi) is 1.87. The molecule has 0 unspecified atom stereocenters. The standard InChI is InChI=1S/C6H9NO2/c8-3-5-1-6(4-9)7-2-5/h1-2,7-9H,3-4H2. The molecule has 0 bridgehead atoms. The highest BCUT2D eigenvalue weighted by Gasteiger charge is 1.93. The Morgan fingerprint density at radius 3 is 2.44 bits per heavy atom. The normalized spacial score (nSPS) is 10.0. The Labute approximate surface area is 53.0 Å². The van der Waals surface area contributed by atoms with Gasteiger partial charge in [-0.05, 0) is 11.6 Å². The van der Waals surface area contributed by atoms with Crippen LogP contribution in [0.1, 0.15) is 11.3 Å². The number of hydrogen-bond acceptors (Lipinski definition) is 2. The van der Waals surface area contributed by atoms with E-state index < -0.39 is 0 Å². The van der Waals surface area contributed by atoms with Crippen molar-refractivity contribution in [2.45, 2.75) is 13.2 Å². The molecule has 3 N–H and O–H groups in total. The topological polar surface area (TPSA) is 56.2 Å². The van der Waals surface area contributed by atoms with Crippen LogP contribution in [0, 0.1) is 0 Å². The predicted octanol–water partition coefficient (Wildman–Crippen LogP) is -0.000700. The van der Waals surface area contributed by atoms with Gasteiger partial charge in [0.25, 0.3) is 0 Å². The molecule has 0 aromatic carbocycles. The van der Waals surface area contributed by atoms with Crippen molar-refractivity contribution in [2.75, 3.05) is 0 Å². The van der Waals surface area contributed by atoms with Crippen LogP contribution in [-0.4, -0.2) is 15.2 Å². The van der Waals surface area contributed by atoms with Gasteiger partial charge in [0.15, 0.2) is 0 Å². The fourth-order valence-corrected chi connectivity index (χ4v) is 0.675. The summed E-state index contributed by atoms with van der Waals surface area (Å²) in [5, 5.41) is 17.1. The Balaban J connectivity index is 2.74. The molecule has 0 fully saturated rings. The lowest BCUT2D eigenvalue weighted by molar-refractivity contribution is 0.276. The summed E-state index contributed by atoms with van der Waals surface area (Å²) in [5.41, 5.74) is 1.54. The first-order chi connectivity index (χ1) is 4.36. The van der Waals surface area contributed by atoms with Gasteiger partial charge < -0.3 is 15.2 Å². The zero-order valence-corrected chi connectivity index (χ0v) is 4.96. The maximum Gasteiger partial charge on any atom is 0.0830 e. The SMILES string of the molecule is OCc1c[nH]c(CO)c1. The molecule has 0 atom stereocenters. The minimum atomic E-state index is 0. The molecule has 0 spiro atoms. The van der Waals surface area contributed by atoms with Crippen molar-refractivity contribution in [1.29, 1.82) is 0 Å². The van der Waals surface area contributed by atoms with Gasteiger partial charge >= 0.3 is 0 Å². The van der Waals surface area contributed by atoms with Gasteiger partial charge in [-0.2, -0.15) is 0 Å². The lowest BCUT2D eigenvalue weighted by Gasteiger charge is -1.83. The second-order valence-electron chi connectivity index (χ2n) is 1.85. The molecule has 0 saturated heterocycles. The highest BCUT2D eigenvalue weighted by molar-refractivity contribution is 5.14. The van der Waals surface area contributed by atoms with Gasteiger partial charge in [0.05, 0.1) is 13.2 Å². The molecular formula is C6H9NO2. The lowest BCUT2D eigenvalue weighted by atomic mass is 10.3.